The van der Waals surface area contributed by atoms with Crippen molar-refractivity contribution in [3.8, 4) is 0 Å². The van der Waals surface area contributed by atoms with Crippen molar-refractivity contribution in [2.24, 2.45) is 0 Å². The maximum Gasteiger partial charge on any atom is 0.264 e. The van der Waals surface area contributed by atoms with Crippen molar-refractivity contribution < 1.29 is 30.0 Å². The fourth-order valence-electron chi connectivity index (χ4n) is 1.39. The van der Waals surface area contributed by atoms with Crippen LogP contribution in [-0.2, 0) is 33.4 Å². The Morgan fingerprint density at radius 3 is 1.40 bits per heavy atom. The predicted octanol–water partition coefficient (Wildman–Crippen LogP) is 0.849. The van der Waals surface area contributed by atoms with E-state index < -0.39 is 20.2 Å². The van der Waals surface area contributed by atoms with Gasteiger partial charge in [0.1, 0.15) is 5.78 Å². The second-order valence-electron chi connectivity index (χ2n) is 4.51. The van der Waals surface area contributed by atoms with Crippen molar-refractivity contribution in [2.75, 3.05) is 25.7 Å². The normalized spacial score (nSPS) is 12.5. The number of Topliss-reactive ketones (excluding diaryl/α,β-unsaturated/α-hetero) is 1. The Morgan fingerprint density at radius 1 is 0.750 bits per heavy atom. The van der Waals surface area contributed by atoms with Gasteiger partial charge in [-0.3, -0.25) is 13.2 Å². The van der Waals surface area contributed by atoms with Crippen LogP contribution in [0.3, 0.4) is 0 Å². The molecule has 0 aromatic rings. The fraction of sp³-hybridized carbons (Fsp3) is 0.909. The highest BCUT2D eigenvalue weighted by atomic mass is 32.2. The van der Waals surface area contributed by atoms with Gasteiger partial charge < -0.3 is 0 Å². The smallest absolute Gasteiger partial charge is 0.264 e. The SMILES string of the molecule is CS(=O)(=O)OCCCCC(=O)CCCCOS(C)(=O)=O. The van der Waals surface area contributed by atoms with Gasteiger partial charge in [0.05, 0.1) is 25.7 Å². The highest BCUT2D eigenvalue weighted by Gasteiger charge is 2.05. The molecule has 0 aliphatic carbocycles. The average Bonchev–Trinajstić information content (AvgIpc) is 2.25. The predicted molar refractivity (Wildman–Crippen MR) is 74.3 cm³/mol. The molecule has 7 nitrogen and oxygen atoms in total. The van der Waals surface area contributed by atoms with E-state index in [1.807, 2.05) is 0 Å². The number of rotatable bonds is 12. The summed E-state index contributed by atoms with van der Waals surface area (Å²) < 4.78 is 51.7. The van der Waals surface area contributed by atoms with Crippen LogP contribution in [0.4, 0.5) is 0 Å². The maximum atomic E-state index is 11.4. The van der Waals surface area contributed by atoms with Crippen LogP contribution < -0.4 is 0 Å². The third kappa shape index (κ3) is 15.5. The fourth-order valence-corrected chi connectivity index (χ4v) is 2.24. The molecule has 0 aromatic heterocycles. The Kier molecular flexibility index (Phi) is 9.19. The van der Waals surface area contributed by atoms with E-state index in [0.29, 0.717) is 38.5 Å². The zero-order chi connectivity index (χ0) is 15.6. The van der Waals surface area contributed by atoms with Gasteiger partial charge in [-0.2, -0.15) is 16.8 Å². The standard InChI is InChI=1S/C11H22O7S2/c1-19(13,14)17-9-5-3-7-11(12)8-4-6-10-18-20(2,15)16/h3-10H2,1-2H3. The molecule has 0 aliphatic rings. The molecule has 120 valence electrons. The van der Waals surface area contributed by atoms with Crippen molar-refractivity contribution in [2.45, 2.75) is 38.5 Å². The summed E-state index contributed by atoms with van der Waals surface area (Å²) in [6.45, 7) is 0.183. The van der Waals surface area contributed by atoms with E-state index in [4.69, 9.17) is 0 Å². The average molecular weight is 330 g/mol. The summed E-state index contributed by atoms with van der Waals surface area (Å²) in [5.74, 6) is 0.0729. The summed E-state index contributed by atoms with van der Waals surface area (Å²) in [5, 5.41) is 0. The molecule has 0 amide bonds. The summed E-state index contributed by atoms with van der Waals surface area (Å²) in [4.78, 5) is 11.4. The summed E-state index contributed by atoms with van der Waals surface area (Å²) in [5.41, 5.74) is 0. The lowest BCUT2D eigenvalue weighted by Gasteiger charge is -2.03. The molecule has 0 aromatic carbocycles. The van der Waals surface area contributed by atoms with Crippen molar-refractivity contribution in [3.63, 3.8) is 0 Å². The molecular weight excluding hydrogens is 308 g/mol. The minimum atomic E-state index is -3.41. The molecule has 9 heteroatoms. The number of unbranched alkanes of at least 4 members (excludes halogenated alkanes) is 2. The number of ketones is 1. The van der Waals surface area contributed by atoms with Crippen LogP contribution in [0, 0.1) is 0 Å². The molecular formula is C11H22O7S2. The van der Waals surface area contributed by atoms with Gasteiger partial charge in [-0.15, -0.1) is 0 Å². The van der Waals surface area contributed by atoms with Crippen molar-refractivity contribution in [3.05, 3.63) is 0 Å². The van der Waals surface area contributed by atoms with E-state index in [2.05, 4.69) is 8.37 Å². The molecule has 0 aliphatic heterocycles. The van der Waals surface area contributed by atoms with E-state index in [1.54, 1.807) is 0 Å². The number of carbonyl (C=O) groups is 1. The summed E-state index contributed by atoms with van der Waals surface area (Å²) in [6, 6.07) is 0. The van der Waals surface area contributed by atoms with E-state index in [1.165, 1.54) is 0 Å². The zero-order valence-electron chi connectivity index (χ0n) is 11.8. The van der Waals surface area contributed by atoms with Crippen molar-refractivity contribution in [1.82, 2.24) is 0 Å². The largest absolute Gasteiger partial charge is 0.300 e. The molecule has 0 N–H and O–H groups in total. The number of hydrogen-bond acceptors (Lipinski definition) is 7. The van der Waals surface area contributed by atoms with E-state index in [0.717, 1.165) is 12.5 Å². The maximum absolute atomic E-state index is 11.4. The lowest BCUT2D eigenvalue weighted by Crippen LogP contribution is -2.06. The van der Waals surface area contributed by atoms with Gasteiger partial charge in [-0.1, -0.05) is 0 Å². The minimum absolute atomic E-state index is 0.0729. The Labute approximate surface area is 120 Å². The molecule has 0 atom stereocenters. The van der Waals surface area contributed by atoms with Crippen LogP contribution in [0.2, 0.25) is 0 Å². The van der Waals surface area contributed by atoms with Crippen LogP contribution in [0.25, 0.3) is 0 Å². The first-order chi connectivity index (χ1) is 9.10. The number of carbonyl (C=O) groups excluding carboxylic acids is 1. The molecule has 0 rings (SSSR count). The second kappa shape index (κ2) is 9.43. The molecule has 0 bridgehead atoms. The molecule has 20 heavy (non-hydrogen) atoms. The van der Waals surface area contributed by atoms with Gasteiger partial charge in [0.25, 0.3) is 20.2 Å². The van der Waals surface area contributed by atoms with Gasteiger partial charge in [0.15, 0.2) is 0 Å². The van der Waals surface area contributed by atoms with Gasteiger partial charge >= 0.3 is 0 Å². The molecule has 0 saturated carbocycles. The minimum Gasteiger partial charge on any atom is -0.300 e. The summed E-state index contributed by atoms with van der Waals surface area (Å²) in [7, 11) is -6.81. The quantitative estimate of drug-likeness (QED) is 0.386. The molecule has 0 saturated heterocycles. The number of hydrogen-bond donors (Lipinski definition) is 0. The highest BCUT2D eigenvalue weighted by molar-refractivity contribution is 7.86. The van der Waals surface area contributed by atoms with Crippen molar-refractivity contribution in [1.29, 1.82) is 0 Å². The topological polar surface area (TPSA) is 104 Å². The van der Waals surface area contributed by atoms with Gasteiger partial charge in [-0.25, -0.2) is 0 Å². The summed E-state index contributed by atoms with van der Waals surface area (Å²) in [6.07, 6.45) is 4.89. The van der Waals surface area contributed by atoms with Gasteiger partial charge in [-0.05, 0) is 25.7 Å². The Morgan fingerprint density at radius 2 is 1.10 bits per heavy atom. The molecule has 0 spiro atoms. The van der Waals surface area contributed by atoms with Crippen LogP contribution in [0.15, 0.2) is 0 Å². The molecule has 0 unspecified atom stereocenters. The van der Waals surface area contributed by atoms with E-state index in [9.17, 15) is 21.6 Å². The molecule has 0 heterocycles. The first-order valence-corrected chi connectivity index (χ1v) is 9.94. The van der Waals surface area contributed by atoms with Gasteiger partial charge in [0, 0.05) is 12.8 Å². The first kappa shape index (κ1) is 19.5. The Bertz CT molecular complexity index is 435. The monoisotopic (exact) mass is 330 g/mol. The van der Waals surface area contributed by atoms with E-state index in [-0.39, 0.29) is 19.0 Å². The van der Waals surface area contributed by atoms with Crippen LogP contribution in [-0.4, -0.2) is 48.3 Å². The first-order valence-electron chi connectivity index (χ1n) is 6.31. The molecule has 0 fully saturated rings. The van der Waals surface area contributed by atoms with Crippen molar-refractivity contribution >= 4 is 26.0 Å². The third-order valence-electron chi connectivity index (χ3n) is 2.29. The van der Waals surface area contributed by atoms with Crippen LogP contribution in [0.1, 0.15) is 38.5 Å². The zero-order valence-corrected chi connectivity index (χ0v) is 13.5. The van der Waals surface area contributed by atoms with Gasteiger partial charge in [0.2, 0.25) is 0 Å². The second-order valence-corrected chi connectivity index (χ2v) is 7.79. The Balaban J connectivity index is 3.46. The lowest BCUT2D eigenvalue weighted by molar-refractivity contribution is -0.119. The lowest BCUT2D eigenvalue weighted by atomic mass is 10.1. The third-order valence-corrected chi connectivity index (χ3v) is 3.48. The van der Waals surface area contributed by atoms with E-state index >= 15 is 0 Å². The van der Waals surface area contributed by atoms with Crippen LogP contribution in [0.5, 0.6) is 0 Å². The summed E-state index contributed by atoms with van der Waals surface area (Å²) >= 11 is 0. The highest BCUT2D eigenvalue weighted by Crippen LogP contribution is 2.05. The Hall–Kier alpha value is -0.510. The molecule has 0 radical (unpaired) electrons. The van der Waals surface area contributed by atoms with Crippen LogP contribution >= 0.6 is 0 Å².